The summed E-state index contributed by atoms with van der Waals surface area (Å²) in [5.41, 5.74) is 1.34. The second kappa shape index (κ2) is 8.65. The van der Waals surface area contributed by atoms with Crippen molar-refractivity contribution in [2.75, 3.05) is 5.75 Å². The number of hydrogen-bond acceptors (Lipinski definition) is 7. The number of carboxylic acid groups (broad SMARTS) is 1. The predicted octanol–water partition coefficient (Wildman–Crippen LogP) is 0.507. The molecule has 0 saturated carbocycles. The maximum atomic E-state index is 12.5. The number of aromatic nitrogens is 1. The number of amides is 2. The molecule has 2 aliphatic heterocycles. The van der Waals surface area contributed by atoms with Gasteiger partial charge in [-0.3, -0.25) is 14.1 Å². The lowest BCUT2D eigenvalue weighted by Gasteiger charge is -2.47. The van der Waals surface area contributed by atoms with Gasteiger partial charge in [0.05, 0.1) is 12.0 Å². The lowest BCUT2D eigenvalue weighted by Crippen LogP contribution is -2.68. The number of fused-ring (bicyclic) bond motifs is 1. The van der Waals surface area contributed by atoms with E-state index >= 15 is 0 Å². The fourth-order valence-electron chi connectivity index (χ4n) is 3.46. The van der Waals surface area contributed by atoms with Crippen LogP contribution >= 0.6 is 23.1 Å². The Labute approximate surface area is 191 Å². The van der Waals surface area contributed by atoms with Gasteiger partial charge in [0, 0.05) is 29.7 Å². The number of β-lactam (4-membered cyclic amide) rings is 1. The zero-order valence-corrected chi connectivity index (χ0v) is 18.8. The molecule has 0 radical (unpaired) electrons. The molecule has 2 amide bonds. The third kappa shape index (κ3) is 4.55. The van der Waals surface area contributed by atoms with Crippen LogP contribution in [-0.4, -0.2) is 57.9 Å². The van der Waals surface area contributed by atoms with Gasteiger partial charge in [-0.25, -0.2) is 9.36 Å². The first-order valence-electron chi connectivity index (χ1n) is 9.32. The molecule has 1 saturated heterocycles. The molecule has 10 nitrogen and oxygen atoms in total. The highest BCUT2D eigenvalue weighted by molar-refractivity contribution is 8.00. The molecule has 13 heteroatoms. The van der Waals surface area contributed by atoms with Gasteiger partial charge in [0.25, 0.3) is 5.91 Å². The molecule has 2 atom stereocenters. The normalized spacial score (nSPS) is 20.2. The van der Waals surface area contributed by atoms with E-state index < -0.39 is 28.0 Å². The van der Waals surface area contributed by atoms with Crippen molar-refractivity contribution in [2.24, 2.45) is 0 Å². The van der Waals surface area contributed by atoms with Crippen molar-refractivity contribution in [1.82, 2.24) is 10.2 Å². The van der Waals surface area contributed by atoms with E-state index in [1.54, 1.807) is 23.5 Å². The summed E-state index contributed by atoms with van der Waals surface area (Å²) >= 11 is 2.32. The molecule has 4 rings (SSSR count). The van der Waals surface area contributed by atoms with Gasteiger partial charge in [-0.15, -0.1) is 23.1 Å². The molecule has 1 fully saturated rings. The van der Waals surface area contributed by atoms with Crippen molar-refractivity contribution >= 4 is 51.0 Å². The molecule has 32 heavy (non-hydrogen) atoms. The molecule has 2 aromatic heterocycles. The maximum Gasteiger partial charge on any atom is 0.336 e. The Kier molecular flexibility index (Phi) is 6.07. The number of nitrogens with one attached hydrogen (secondary N) is 1. The van der Waals surface area contributed by atoms with Crippen LogP contribution in [0.5, 0.6) is 0 Å². The molecule has 2 aromatic rings. The number of thiophene rings is 1. The summed E-state index contributed by atoms with van der Waals surface area (Å²) in [4.78, 5) is 37.4. The van der Waals surface area contributed by atoms with Crippen LogP contribution in [0.1, 0.15) is 15.9 Å². The minimum absolute atomic E-state index is 0.183. The van der Waals surface area contributed by atoms with Crippen LogP contribution in [0.4, 0.5) is 0 Å². The first-order chi connectivity index (χ1) is 15.1. The Balaban J connectivity index is 1.36. The smallest absolute Gasteiger partial charge is 0.336 e. The SMILES string of the molecule is O=C(Cc1ccsc1S(=O)(=O)O)NC1C(=O)N2C=C(C[n+]3ccc(C(=O)O)cc3)CS[C@@H]12. The summed E-state index contributed by atoms with van der Waals surface area (Å²) in [6.45, 7) is 0.497. The highest BCUT2D eigenvalue weighted by Crippen LogP contribution is 2.36. The van der Waals surface area contributed by atoms with Crippen LogP contribution in [0, 0.1) is 0 Å². The van der Waals surface area contributed by atoms with Crippen LogP contribution < -0.4 is 9.88 Å². The molecular weight excluding hydrogens is 478 g/mol. The molecule has 0 aliphatic carbocycles. The summed E-state index contributed by atoms with van der Waals surface area (Å²) < 4.78 is 33.5. The molecule has 2 aliphatic rings. The van der Waals surface area contributed by atoms with Crippen LogP contribution in [0.25, 0.3) is 0 Å². The van der Waals surface area contributed by atoms with Gasteiger partial charge < -0.3 is 15.3 Å². The standard InChI is InChI=1S/C19H17N3O7S3/c23-14(7-13-3-6-30-19(13)32(27,28)29)20-15-16(24)22-9-11(10-31-17(15)22)8-21-4-1-12(2-5-21)18(25)26/h1-6,9,15,17H,7-8,10H2,(H2-,20,23,25,26,27,28,29)/p+1/t15?,17-/m0/s1. The number of carbonyl (C=O) groups excluding carboxylic acids is 2. The third-order valence-corrected chi connectivity index (χ3v) is 8.75. The van der Waals surface area contributed by atoms with E-state index in [0.717, 1.165) is 16.9 Å². The summed E-state index contributed by atoms with van der Waals surface area (Å²) in [5.74, 6) is -1.14. The Morgan fingerprint density at radius 1 is 1.25 bits per heavy atom. The molecule has 4 heterocycles. The van der Waals surface area contributed by atoms with Crippen molar-refractivity contribution in [3.05, 3.63) is 58.9 Å². The Morgan fingerprint density at radius 3 is 2.62 bits per heavy atom. The number of aromatic carboxylic acids is 1. The zero-order chi connectivity index (χ0) is 23.0. The largest absolute Gasteiger partial charge is 0.478 e. The minimum Gasteiger partial charge on any atom is -0.478 e. The number of rotatable bonds is 7. The molecule has 0 aromatic carbocycles. The molecule has 168 valence electrons. The number of hydrogen-bond donors (Lipinski definition) is 3. The van der Waals surface area contributed by atoms with Crippen molar-refractivity contribution in [3.63, 3.8) is 0 Å². The first-order valence-corrected chi connectivity index (χ1v) is 12.7. The van der Waals surface area contributed by atoms with Crippen LogP contribution in [0.2, 0.25) is 0 Å². The lowest BCUT2D eigenvalue weighted by molar-refractivity contribution is -0.689. The molecule has 3 N–H and O–H groups in total. The molecular formula is C19H18N3O7S3+. The number of nitrogens with zero attached hydrogens (tertiary/aromatic N) is 2. The van der Waals surface area contributed by atoms with Crippen LogP contribution in [0.15, 0.2) is 52.0 Å². The number of thioether (sulfide) groups is 1. The highest BCUT2D eigenvalue weighted by Gasteiger charge is 2.49. The van der Waals surface area contributed by atoms with Crippen molar-refractivity contribution < 1.29 is 37.0 Å². The quantitative estimate of drug-likeness (QED) is 0.286. The third-order valence-electron chi connectivity index (χ3n) is 4.97. The van der Waals surface area contributed by atoms with Gasteiger partial charge in [-0.05, 0) is 17.0 Å². The van der Waals surface area contributed by atoms with Gasteiger partial charge >= 0.3 is 16.1 Å². The van der Waals surface area contributed by atoms with Gasteiger partial charge in [0.15, 0.2) is 23.1 Å². The Hall–Kier alpha value is -2.74. The lowest BCUT2D eigenvalue weighted by atomic mass is 10.1. The van der Waals surface area contributed by atoms with Gasteiger partial charge in [0.1, 0.15) is 11.4 Å². The first kappa shape index (κ1) is 22.5. The summed E-state index contributed by atoms with van der Waals surface area (Å²) in [7, 11) is -4.40. The van der Waals surface area contributed by atoms with E-state index in [0.29, 0.717) is 12.3 Å². The van der Waals surface area contributed by atoms with Gasteiger partial charge in [-0.2, -0.15) is 8.42 Å². The van der Waals surface area contributed by atoms with E-state index in [9.17, 15) is 27.4 Å². The average Bonchev–Trinajstić information content (AvgIpc) is 3.21. The molecule has 1 unspecified atom stereocenters. The van der Waals surface area contributed by atoms with E-state index in [4.69, 9.17) is 5.11 Å². The number of carboxylic acids is 1. The second-order valence-electron chi connectivity index (χ2n) is 7.23. The van der Waals surface area contributed by atoms with E-state index in [-0.39, 0.29) is 33.0 Å². The fraction of sp³-hybridized carbons (Fsp3) is 0.263. The average molecular weight is 497 g/mol. The van der Waals surface area contributed by atoms with E-state index in [2.05, 4.69) is 5.32 Å². The summed E-state index contributed by atoms with van der Waals surface area (Å²) in [6.07, 6.45) is 4.81. The molecule has 0 spiro atoms. The summed E-state index contributed by atoms with van der Waals surface area (Å²) in [5, 5.41) is 12.8. The van der Waals surface area contributed by atoms with E-state index in [1.807, 2.05) is 4.57 Å². The number of carbonyl (C=O) groups is 3. The topological polar surface area (TPSA) is 145 Å². The zero-order valence-electron chi connectivity index (χ0n) is 16.4. The van der Waals surface area contributed by atoms with Crippen molar-refractivity contribution in [1.29, 1.82) is 0 Å². The Bertz CT molecular complexity index is 1220. The van der Waals surface area contributed by atoms with Crippen LogP contribution in [-0.2, 0) is 32.7 Å². The Morgan fingerprint density at radius 2 is 1.97 bits per heavy atom. The minimum atomic E-state index is -4.40. The monoisotopic (exact) mass is 496 g/mol. The van der Waals surface area contributed by atoms with Gasteiger partial charge in [0.2, 0.25) is 5.91 Å². The number of pyridine rings is 1. The van der Waals surface area contributed by atoms with Gasteiger partial charge in [-0.1, -0.05) is 0 Å². The molecule has 0 bridgehead atoms. The fourth-order valence-corrected chi connectivity index (χ4v) is 6.49. The highest BCUT2D eigenvalue weighted by atomic mass is 32.3. The van der Waals surface area contributed by atoms with Crippen molar-refractivity contribution in [3.8, 4) is 0 Å². The van der Waals surface area contributed by atoms with Crippen LogP contribution in [0.3, 0.4) is 0 Å². The maximum absolute atomic E-state index is 12.5. The van der Waals surface area contributed by atoms with E-state index in [1.165, 1.54) is 35.3 Å². The predicted molar refractivity (Wildman–Crippen MR) is 115 cm³/mol. The second-order valence-corrected chi connectivity index (χ2v) is 10.9. The van der Waals surface area contributed by atoms with Crippen molar-refractivity contribution in [2.45, 2.75) is 28.6 Å². The summed E-state index contributed by atoms with van der Waals surface area (Å²) in [6, 6.07) is 3.75.